The van der Waals surface area contributed by atoms with Crippen LogP contribution in [0.1, 0.15) is 0 Å². The molecule has 0 radical (unpaired) electrons. The van der Waals surface area contributed by atoms with Crippen molar-refractivity contribution in [1.82, 2.24) is 59.8 Å². The molecule has 12 heteroatoms. The van der Waals surface area contributed by atoms with Crippen LogP contribution >= 0.6 is 0 Å². The van der Waals surface area contributed by atoms with Crippen molar-refractivity contribution < 1.29 is 0 Å². The Balaban J connectivity index is 0.457. The van der Waals surface area contributed by atoms with Gasteiger partial charge in [0.25, 0.3) is 0 Å². The molecule has 24 rings (SSSR count). The number of benzene rings is 12. The summed E-state index contributed by atoms with van der Waals surface area (Å²) in [7, 11) is 0. The highest BCUT2D eigenvalue weighted by atomic mass is 14.8. The summed E-state index contributed by atoms with van der Waals surface area (Å²) in [5, 5.41) is 21.4. The van der Waals surface area contributed by atoms with Gasteiger partial charge in [0.1, 0.15) is 0 Å². The van der Waals surface area contributed by atoms with Crippen LogP contribution < -0.4 is 0 Å². The van der Waals surface area contributed by atoms with E-state index in [1.165, 1.54) is 75.4 Å². The molecule has 584 valence electrons. The molecule has 0 atom stereocenters. The molecule has 126 heavy (non-hydrogen) atoms. The Morgan fingerprint density at radius 1 is 0.103 bits per heavy atom. The zero-order chi connectivity index (χ0) is 83.1. The van der Waals surface area contributed by atoms with Gasteiger partial charge in [-0.05, 0) is 264 Å². The third kappa shape index (κ3) is 13.1. The minimum Gasteiger partial charge on any atom is -0.255 e. The molecule has 0 saturated heterocycles. The van der Waals surface area contributed by atoms with Gasteiger partial charge in [0.15, 0.2) is 0 Å². The normalized spacial score (nSPS) is 11.7. The first-order valence-corrected chi connectivity index (χ1v) is 42.0. The van der Waals surface area contributed by atoms with Crippen molar-refractivity contribution >= 4 is 97.0 Å². The molecule has 0 unspecified atom stereocenters. The van der Waals surface area contributed by atoms with Crippen molar-refractivity contribution in [3.8, 4) is 158 Å². The predicted octanol–water partition coefficient (Wildman–Crippen LogP) is 28.1. The minimum absolute atomic E-state index is 0.769. The summed E-state index contributed by atoms with van der Waals surface area (Å²) < 4.78 is 0. The smallest absolute Gasteiger partial charge is 0.0893 e. The van der Waals surface area contributed by atoms with Crippen molar-refractivity contribution in [1.29, 1.82) is 0 Å². The van der Waals surface area contributed by atoms with Gasteiger partial charge in [-0.1, -0.05) is 212 Å². The van der Waals surface area contributed by atoms with Crippen molar-refractivity contribution in [2.45, 2.75) is 0 Å². The molecule has 12 aromatic carbocycles. The average molecular weight is 1610 g/mol. The summed E-state index contributed by atoms with van der Waals surface area (Å²) in [5.41, 5.74) is 25.7. The maximum atomic E-state index is 5.29. The van der Waals surface area contributed by atoms with Crippen LogP contribution in [0.15, 0.2) is 414 Å². The molecule has 0 aliphatic carbocycles. The van der Waals surface area contributed by atoms with Gasteiger partial charge >= 0.3 is 0 Å². The van der Waals surface area contributed by atoms with Crippen molar-refractivity contribution in [3.05, 3.63) is 414 Å². The van der Waals surface area contributed by atoms with Crippen LogP contribution in [0, 0.1) is 0 Å². The molecular formula is C114H68N12. The standard InChI is InChI=1S/C114H68N12/c1-2-14-84-83(13-1)89-38-25-71(78-32-45-106(119-63-78)104-20-8-10-53-116-104)57-97(89)98-58-72(26-39-90(84)98)79-35-50-111(124-65-79)114-61-73(51-54-117-114)80-34-48-109(122-66-80)112-23-11-21-101(125-112)74-29-42-91-85-15-3-4-16-86(85)92-43-30-75(60-100(92)99(91)59-74)102-22-12-24-113(126-102)110-49-37-82(68-123-110)81-36-47-108(121-67-81)107-46-33-77(64-120-107)70-28-41-94-93-40-27-69(55-95(93)87-17-5-6-18-88(87)96(94)56-70)76-31-44-105(118-62-76)103-19-7-9-52-115-103/h1-68H. The molecule has 12 aromatic heterocycles. The summed E-state index contributed by atoms with van der Waals surface area (Å²) in [6.45, 7) is 0. The average Bonchev–Trinajstić information content (AvgIpc) is 0.744. The van der Waals surface area contributed by atoms with Crippen LogP contribution in [0.3, 0.4) is 0 Å². The Labute approximate surface area is 723 Å². The molecule has 0 N–H and O–H groups in total. The fourth-order valence-corrected chi connectivity index (χ4v) is 18.2. The Morgan fingerprint density at radius 3 is 0.603 bits per heavy atom. The second-order valence-electron chi connectivity index (χ2n) is 31.9. The maximum Gasteiger partial charge on any atom is 0.0893 e. The third-order valence-corrected chi connectivity index (χ3v) is 24.6. The summed E-state index contributed by atoms with van der Waals surface area (Å²) in [5.74, 6) is 0. The number of nitrogens with zero attached hydrogens (tertiary/aromatic N) is 12. The summed E-state index contributed by atoms with van der Waals surface area (Å²) in [6.07, 6.45) is 18.9. The fraction of sp³-hybridized carbons (Fsp3) is 0. The highest BCUT2D eigenvalue weighted by Crippen LogP contribution is 2.45. The van der Waals surface area contributed by atoms with Gasteiger partial charge in [0.2, 0.25) is 0 Å². The van der Waals surface area contributed by atoms with E-state index in [-0.39, 0.29) is 0 Å². The molecule has 0 spiro atoms. The second kappa shape index (κ2) is 30.5. The molecule has 0 bridgehead atoms. The predicted molar refractivity (Wildman–Crippen MR) is 514 cm³/mol. The molecule has 0 aliphatic rings. The van der Waals surface area contributed by atoms with E-state index in [4.69, 9.17) is 49.8 Å². The van der Waals surface area contributed by atoms with E-state index < -0.39 is 0 Å². The summed E-state index contributed by atoms with van der Waals surface area (Å²) >= 11 is 0. The van der Waals surface area contributed by atoms with Crippen LogP contribution in [-0.2, 0) is 0 Å². The largest absolute Gasteiger partial charge is 0.255 e. The number of hydrogen-bond donors (Lipinski definition) is 0. The first-order valence-electron chi connectivity index (χ1n) is 42.0. The van der Waals surface area contributed by atoms with Gasteiger partial charge in [-0.2, -0.15) is 0 Å². The Hall–Kier alpha value is -17.2. The van der Waals surface area contributed by atoms with Crippen LogP contribution in [0.2, 0.25) is 0 Å². The number of hydrogen-bond acceptors (Lipinski definition) is 12. The van der Waals surface area contributed by atoms with E-state index in [1.54, 1.807) is 12.4 Å². The van der Waals surface area contributed by atoms with Gasteiger partial charge in [-0.15, -0.1) is 0 Å². The van der Waals surface area contributed by atoms with E-state index in [0.717, 1.165) is 179 Å². The van der Waals surface area contributed by atoms with E-state index in [0.29, 0.717) is 0 Å². The molecule has 12 heterocycles. The Bertz CT molecular complexity index is 8430. The van der Waals surface area contributed by atoms with Crippen molar-refractivity contribution in [2.24, 2.45) is 0 Å². The monoisotopic (exact) mass is 1600 g/mol. The lowest BCUT2D eigenvalue weighted by Crippen LogP contribution is -1.93. The zero-order valence-corrected chi connectivity index (χ0v) is 67.6. The zero-order valence-electron chi connectivity index (χ0n) is 67.6. The van der Waals surface area contributed by atoms with E-state index in [1.807, 2.05) is 135 Å². The fourth-order valence-electron chi connectivity index (χ4n) is 18.2. The highest BCUT2D eigenvalue weighted by Gasteiger charge is 2.20. The first kappa shape index (κ1) is 72.8. The third-order valence-electron chi connectivity index (χ3n) is 24.6. The number of pyridine rings is 12. The van der Waals surface area contributed by atoms with Gasteiger partial charge in [0, 0.05) is 112 Å². The Kier molecular flexibility index (Phi) is 17.6. The quantitative estimate of drug-likeness (QED) is 0.0952. The van der Waals surface area contributed by atoms with Gasteiger partial charge in [0.05, 0.1) is 79.7 Å². The summed E-state index contributed by atoms with van der Waals surface area (Å²) in [6, 6.07) is 124. The van der Waals surface area contributed by atoms with Crippen LogP contribution in [0.4, 0.5) is 0 Å². The van der Waals surface area contributed by atoms with Crippen molar-refractivity contribution in [2.75, 3.05) is 0 Å². The lowest BCUT2D eigenvalue weighted by molar-refractivity contribution is 1.23. The van der Waals surface area contributed by atoms with E-state index >= 15 is 0 Å². The molecule has 0 saturated carbocycles. The Morgan fingerprint density at radius 2 is 0.310 bits per heavy atom. The molecule has 0 aliphatic heterocycles. The number of aromatic nitrogens is 12. The minimum atomic E-state index is 0.769. The molecule has 24 aromatic rings. The number of fused-ring (bicyclic) bond motifs is 18. The molecular weight excluding hydrogens is 1540 g/mol. The van der Waals surface area contributed by atoms with E-state index in [2.05, 4.69) is 277 Å². The topological polar surface area (TPSA) is 155 Å². The van der Waals surface area contributed by atoms with Crippen LogP contribution in [-0.4, -0.2) is 59.8 Å². The maximum absolute atomic E-state index is 5.29. The van der Waals surface area contributed by atoms with Crippen molar-refractivity contribution in [3.63, 3.8) is 0 Å². The molecule has 12 nitrogen and oxygen atoms in total. The first-order chi connectivity index (χ1) is 62.4. The number of rotatable bonds is 14. The van der Waals surface area contributed by atoms with Gasteiger partial charge in [-0.3, -0.25) is 49.8 Å². The van der Waals surface area contributed by atoms with E-state index in [9.17, 15) is 0 Å². The SMILES string of the molecule is c1ccc(-c2ccc(-c3ccc4c5ccc(-c6ccc(-c7ccc(-c8ccc(-c9cccc(-c%10ccc%11c%12ccccc%12c%12ccc(-c%13cccc(-c%14ccc(-c%15ccnc(-c%16ccc(-c%17ccc%18c%19ccccc%19c%19ccc(-c%20ccc(-c%21ccccn%21)nc%20)cc%19c%18c%17)cn%16)c%15)cn%14)n%13)cc%12c%11c%10)n9)nc8)cn7)nc6)cc5c5ccccc5c4c3)cn2)nc1. The van der Waals surface area contributed by atoms with Crippen LogP contribution in [0.5, 0.6) is 0 Å². The lowest BCUT2D eigenvalue weighted by Gasteiger charge is -2.14. The van der Waals surface area contributed by atoms with Gasteiger partial charge in [-0.25, -0.2) is 9.97 Å². The van der Waals surface area contributed by atoms with Gasteiger partial charge < -0.3 is 0 Å². The second-order valence-corrected chi connectivity index (χ2v) is 31.9. The summed E-state index contributed by atoms with van der Waals surface area (Å²) in [4.78, 5) is 58.9. The highest BCUT2D eigenvalue weighted by molar-refractivity contribution is 6.29. The lowest BCUT2D eigenvalue weighted by atomic mass is 9.90. The van der Waals surface area contributed by atoms with Crippen LogP contribution in [0.25, 0.3) is 255 Å². The molecule has 0 fully saturated rings. The molecule has 0 amide bonds.